The molecule has 1 heterocycles. The van der Waals surface area contributed by atoms with Crippen LogP contribution in [0, 0.1) is 0 Å². The number of phenols is 1. The minimum atomic E-state index is -3.71. The maximum absolute atomic E-state index is 12.1. The molecule has 0 aliphatic carbocycles. The first-order chi connectivity index (χ1) is 8.88. The number of anilines is 1. The number of thiazole rings is 1. The number of hydrogen-bond donors (Lipinski definition) is 2. The SMILES string of the molecule is CC(C)c1csc(NS(=O)(=O)c2cccc(O)c2)n1. The average molecular weight is 298 g/mol. The summed E-state index contributed by atoms with van der Waals surface area (Å²) in [6.45, 7) is 3.98. The van der Waals surface area contributed by atoms with E-state index in [4.69, 9.17) is 0 Å². The lowest BCUT2D eigenvalue weighted by Crippen LogP contribution is -2.12. The molecule has 0 amide bonds. The summed E-state index contributed by atoms with van der Waals surface area (Å²) in [6, 6.07) is 5.50. The zero-order chi connectivity index (χ0) is 14.0. The molecule has 0 bridgehead atoms. The van der Waals surface area contributed by atoms with Gasteiger partial charge in [-0.25, -0.2) is 13.4 Å². The summed E-state index contributed by atoms with van der Waals surface area (Å²) in [6.07, 6.45) is 0. The third-order valence-electron chi connectivity index (χ3n) is 2.46. The Bertz CT molecular complexity index is 678. The number of phenolic OH excluding ortho intramolecular Hbond substituents is 1. The standard InChI is InChI=1S/C12H14N2O3S2/c1-8(2)11-7-18-12(13-11)14-19(16,17)10-5-3-4-9(15)6-10/h3-8,15H,1-2H3,(H,13,14). The predicted octanol–water partition coefficient (Wildman–Crippen LogP) is 2.77. The van der Waals surface area contributed by atoms with Gasteiger partial charge in [-0.3, -0.25) is 4.72 Å². The molecule has 0 radical (unpaired) electrons. The third-order valence-corrected chi connectivity index (χ3v) is 4.70. The van der Waals surface area contributed by atoms with Gasteiger partial charge < -0.3 is 5.11 Å². The van der Waals surface area contributed by atoms with Gasteiger partial charge in [0, 0.05) is 11.4 Å². The fourth-order valence-electron chi connectivity index (χ4n) is 1.42. The minimum Gasteiger partial charge on any atom is -0.508 e. The van der Waals surface area contributed by atoms with Crippen LogP contribution in [-0.2, 0) is 10.0 Å². The Morgan fingerprint density at radius 2 is 2.11 bits per heavy atom. The highest BCUT2D eigenvalue weighted by molar-refractivity contribution is 7.93. The molecule has 7 heteroatoms. The summed E-state index contributed by atoms with van der Waals surface area (Å²) in [5.41, 5.74) is 0.846. The van der Waals surface area contributed by atoms with Gasteiger partial charge in [-0.05, 0) is 18.1 Å². The molecular weight excluding hydrogens is 284 g/mol. The molecule has 102 valence electrons. The highest BCUT2D eigenvalue weighted by Gasteiger charge is 2.17. The van der Waals surface area contributed by atoms with E-state index in [1.165, 1.54) is 35.6 Å². The van der Waals surface area contributed by atoms with E-state index in [9.17, 15) is 13.5 Å². The molecule has 2 aromatic rings. The molecule has 2 N–H and O–H groups in total. The van der Waals surface area contributed by atoms with Gasteiger partial charge in [-0.15, -0.1) is 11.3 Å². The number of aromatic nitrogens is 1. The number of benzene rings is 1. The molecule has 0 unspecified atom stereocenters. The van der Waals surface area contributed by atoms with Crippen LogP contribution in [0.5, 0.6) is 5.75 Å². The van der Waals surface area contributed by atoms with Gasteiger partial charge in [0.05, 0.1) is 10.6 Å². The van der Waals surface area contributed by atoms with Crippen molar-refractivity contribution in [3.8, 4) is 5.75 Å². The summed E-state index contributed by atoms with van der Waals surface area (Å²) in [4.78, 5) is 4.22. The van der Waals surface area contributed by atoms with E-state index >= 15 is 0 Å². The number of rotatable bonds is 4. The van der Waals surface area contributed by atoms with Gasteiger partial charge in [0.15, 0.2) is 5.13 Å². The lowest BCUT2D eigenvalue weighted by molar-refractivity contribution is 0.473. The molecule has 0 aliphatic rings. The first-order valence-corrected chi connectivity index (χ1v) is 8.02. The smallest absolute Gasteiger partial charge is 0.263 e. The fourth-order valence-corrected chi connectivity index (χ4v) is 3.59. The molecule has 19 heavy (non-hydrogen) atoms. The molecule has 1 aromatic carbocycles. The van der Waals surface area contributed by atoms with Crippen molar-refractivity contribution in [2.75, 3.05) is 4.72 Å². The summed E-state index contributed by atoms with van der Waals surface area (Å²) < 4.78 is 26.6. The van der Waals surface area contributed by atoms with E-state index in [2.05, 4.69) is 9.71 Å². The fraction of sp³-hybridized carbons (Fsp3) is 0.250. The molecule has 5 nitrogen and oxygen atoms in total. The van der Waals surface area contributed by atoms with Crippen LogP contribution in [0.4, 0.5) is 5.13 Å². The molecule has 0 spiro atoms. The Hall–Kier alpha value is -1.60. The highest BCUT2D eigenvalue weighted by atomic mass is 32.2. The summed E-state index contributed by atoms with van der Waals surface area (Å²) in [5.74, 6) is 0.153. The van der Waals surface area contributed by atoms with Crippen LogP contribution in [0.25, 0.3) is 0 Å². The second kappa shape index (κ2) is 5.18. The molecule has 0 fully saturated rings. The Labute approximate surface area is 116 Å². The first-order valence-electron chi connectivity index (χ1n) is 5.66. The van der Waals surface area contributed by atoms with Crippen LogP contribution in [0.3, 0.4) is 0 Å². The van der Waals surface area contributed by atoms with Crippen LogP contribution in [0.15, 0.2) is 34.5 Å². The number of nitrogens with one attached hydrogen (secondary N) is 1. The molecule has 2 rings (SSSR count). The van der Waals surface area contributed by atoms with Gasteiger partial charge in [0.1, 0.15) is 5.75 Å². The lowest BCUT2D eigenvalue weighted by atomic mass is 10.2. The van der Waals surface area contributed by atoms with Crippen LogP contribution in [0.1, 0.15) is 25.5 Å². The van der Waals surface area contributed by atoms with Gasteiger partial charge in [0.25, 0.3) is 10.0 Å². The third kappa shape index (κ3) is 3.24. The predicted molar refractivity (Wildman–Crippen MR) is 75.1 cm³/mol. The second-order valence-electron chi connectivity index (χ2n) is 4.34. The number of sulfonamides is 1. The van der Waals surface area contributed by atoms with Crippen LogP contribution >= 0.6 is 11.3 Å². The lowest BCUT2D eigenvalue weighted by Gasteiger charge is -2.05. The molecule has 0 saturated heterocycles. The van der Waals surface area contributed by atoms with Crippen molar-refractivity contribution in [1.82, 2.24) is 4.98 Å². The van der Waals surface area contributed by atoms with E-state index in [1.807, 2.05) is 19.2 Å². The van der Waals surface area contributed by atoms with E-state index in [-0.39, 0.29) is 16.6 Å². The minimum absolute atomic E-state index is 0.00815. The van der Waals surface area contributed by atoms with Crippen LogP contribution in [-0.4, -0.2) is 18.5 Å². The second-order valence-corrected chi connectivity index (χ2v) is 6.88. The van der Waals surface area contributed by atoms with Crippen molar-refractivity contribution in [3.05, 3.63) is 35.3 Å². The Kier molecular flexibility index (Phi) is 3.77. The highest BCUT2D eigenvalue weighted by Crippen LogP contribution is 2.24. The number of nitrogens with zero attached hydrogens (tertiary/aromatic N) is 1. The van der Waals surface area contributed by atoms with Crippen LogP contribution in [0.2, 0.25) is 0 Å². The maximum Gasteiger partial charge on any atom is 0.263 e. The summed E-state index contributed by atoms with van der Waals surface area (Å²) >= 11 is 1.24. The quantitative estimate of drug-likeness (QED) is 0.909. The van der Waals surface area contributed by atoms with Crippen molar-refractivity contribution >= 4 is 26.5 Å². The zero-order valence-electron chi connectivity index (χ0n) is 10.5. The largest absolute Gasteiger partial charge is 0.508 e. The van der Waals surface area contributed by atoms with Gasteiger partial charge in [-0.2, -0.15) is 0 Å². The van der Waals surface area contributed by atoms with Gasteiger partial charge >= 0.3 is 0 Å². The Morgan fingerprint density at radius 3 is 2.68 bits per heavy atom. The Balaban J connectivity index is 2.26. The molecule has 0 aliphatic heterocycles. The number of aromatic hydroxyl groups is 1. The number of hydrogen-bond acceptors (Lipinski definition) is 5. The van der Waals surface area contributed by atoms with E-state index < -0.39 is 10.0 Å². The van der Waals surface area contributed by atoms with E-state index in [0.29, 0.717) is 5.13 Å². The van der Waals surface area contributed by atoms with Crippen LogP contribution < -0.4 is 4.72 Å². The summed E-state index contributed by atoms with van der Waals surface area (Å²) in [7, 11) is -3.71. The van der Waals surface area contributed by atoms with Crippen molar-refractivity contribution in [3.63, 3.8) is 0 Å². The maximum atomic E-state index is 12.1. The monoisotopic (exact) mass is 298 g/mol. The molecule has 0 atom stereocenters. The first kappa shape index (κ1) is 13.8. The molecular formula is C12H14N2O3S2. The van der Waals surface area contributed by atoms with Crippen molar-refractivity contribution in [2.45, 2.75) is 24.7 Å². The van der Waals surface area contributed by atoms with Gasteiger partial charge in [0.2, 0.25) is 0 Å². The topological polar surface area (TPSA) is 79.3 Å². The van der Waals surface area contributed by atoms with E-state index in [1.54, 1.807) is 0 Å². The van der Waals surface area contributed by atoms with Crippen molar-refractivity contribution in [2.24, 2.45) is 0 Å². The van der Waals surface area contributed by atoms with Crippen molar-refractivity contribution < 1.29 is 13.5 Å². The Morgan fingerprint density at radius 1 is 1.37 bits per heavy atom. The normalized spacial score (nSPS) is 11.7. The van der Waals surface area contributed by atoms with E-state index in [0.717, 1.165) is 5.69 Å². The summed E-state index contributed by atoms with van der Waals surface area (Å²) in [5, 5.41) is 11.5. The average Bonchev–Trinajstić information content (AvgIpc) is 2.77. The molecule has 0 saturated carbocycles. The van der Waals surface area contributed by atoms with Gasteiger partial charge in [-0.1, -0.05) is 19.9 Å². The zero-order valence-corrected chi connectivity index (χ0v) is 12.1. The van der Waals surface area contributed by atoms with Crippen molar-refractivity contribution in [1.29, 1.82) is 0 Å². The molecule has 1 aromatic heterocycles.